The lowest BCUT2D eigenvalue weighted by Gasteiger charge is -2.16. The molecule has 4 rings (SSSR count). The van der Waals surface area contributed by atoms with E-state index in [0.29, 0.717) is 22.9 Å². The van der Waals surface area contributed by atoms with Gasteiger partial charge in [0.15, 0.2) is 11.5 Å². The summed E-state index contributed by atoms with van der Waals surface area (Å²) >= 11 is 0. The van der Waals surface area contributed by atoms with Crippen molar-refractivity contribution in [2.45, 2.75) is 33.2 Å². The predicted molar refractivity (Wildman–Crippen MR) is 144 cm³/mol. The van der Waals surface area contributed by atoms with Crippen molar-refractivity contribution in [2.24, 2.45) is 0 Å². The molecule has 0 bridgehead atoms. The molecule has 0 N–H and O–H groups in total. The zero-order valence-electron chi connectivity index (χ0n) is 20.7. The average Bonchev–Trinajstić information content (AvgIpc) is 3.19. The van der Waals surface area contributed by atoms with Crippen molar-refractivity contribution >= 4 is 44.8 Å². The molecule has 2 aromatic heterocycles. The summed E-state index contributed by atoms with van der Waals surface area (Å²) in [6.45, 7) is 5.06. The lowest BCUT2D eigenvalue weighted by molar-refractivity contribution is 0.0520. The molecule has 0 radical (unpaired) electrons. The fraction of sp³-hybridized carbons (Fsp3) is 0.333. The van der Waals surface area contributed by atoms with Crippen LogP contribution < -0.4 is 14.2 Å². The molecule has 8 heteroatoms. The van der Waals surface area contributed by atoms with Gasteiger partial charge in [0.2, 0.25) is 5.75 Å². The number of hydrogen-bond acceptors (Lipinski definition) is 6. The molecule has 0 aliphatic heterocycles. The van der Waals surface area contributed by atoms with E-state index < -0.39 is 5.97 Å². The van der Waals surface area contributed by atoms with Crippen molar-refractivity contribution in [3.8, 4) is 28.5 Å². The minimum absolute atomic E-state index is 0. The Morgan fingerprint density at radius 2 is 1.63 bits per heavy atom. The van der Waals surface area contributed by atoms with Crippen LogP contribution >= 0.6 is 17.0 Å². The van der Waals surface area contributed by atoms with Gasteiger partial charge in [0.25, 0.3) is 0 Å². The smallest absolute Gasteiger partial charge is 0.356 e. The third-order valence-electron chi connectivity index (χ3n) is 5.91. The van der Waals surface area contributed by atoms with Gasteiger partial charge >= 0.3 is 5.97 Å². The molecule has 0 aliphatic rings. The summed E-state index contributed by atoms with van der Waals surface area (Å²) in [6.07, 6.45) is 2.07. The Balaban J connectivity index is 0.00000342. The summed E-state index contributed by atoms with van der Waals surface area (Å²) in [7, 11) is 4.73. The molecule has 0 amide bonds. The number of rotatable bonds is 9. The number of pyridine rings is 1. The molecule has 2 aromatic carbocycles. The van der Waals surface area contributed by atoms with E-state index in [0.717, 1.165) is 46.8 Å². The number of methoxy groups -OCH3 is 3. The van der Waals surface area contributed by atoms with Crippen LogP contribution in [0.1, 0.15) is 37.2 Å². The molecule has 7 nitrogen and oxygen atoms in total. The van der Waals surface area contributed by atoms with Gasteiger partial charge in [-0.1, -0.05) is 31.5 Å². The van der Waals surface area contributed by atoms with Crippen LogP contribution in [0.25, 0.3) is 33.1 Å². The average molecular weight is 543 g/mol. The van der Waals surface area contributed by atoms with E-state index in [-0.39, 0.29) is 29.3 Å². The number of carbonyl (C=O) groups is 1. The summed E-state index contributed by atoms with van der Waals surface area (Å²) in [5.74, 6) is 1.08. The molecule has 0 saturated heterocycles. The highest BCUT2D eigenvalue weighted by Gasteiger charge is 2.23. The molecule has 0 spiro atoms. The maximum atomic E-state index is 12.8. The van der Waals surface area contributed by atoms with Crippen LogP contribution in [-0.2, 0) is 11.3 Å². The molecule has 0 saturated carbocycles. The Bertz CT molecular complexity index is 1320. The number of fused-ring (bicyclic) bond motifs is 3. The Morgan fingerprint density at radius 1 is 0.943 bits per heavy atom. The molecule has 0 aliphatic carbocycles. The van der Waals surface area contributed by atoms with E-state index in [1.807, 2.05) is 30.3 Å². The van der Waals surface area contributed by atoms with E-state index in [4.69, 9.17) is 23.9 Å². The standard InChI is InChI=1S/C27H30N2O5.BrH/c1-6-8-13-29-21-12-10-9-11-18(21)19-16-20(27(30)34-7-2)28-24(25(19)29)17-14-22(31-3)26(33-5)23(15-17)32-4;/h9-12,14-16H,6-8,13H2,1-5H3;1H. The SMILES string of the molecule is Br.CCCCn1c2ccccc2c2cc(C(=O)OCC)nc(-c3cc(OC)c(OC)c(OC)c3)c21. The van der Waals surface area contributed by atoms with Gasteiger partial charge in [-0.2, -0.15) is 0 Å². The summed E-state index contributed by atoms with van der Waals surface area (Å²) in [5, 5.41) is 2.02. The third kappa shape index (κ3) is 4.80. The maximum absolute atomic E-state index is 12.8. The monoisotopic (exact) mass is 542 g/mol. The van der Waals surface area contributed by atoms with Crippen molar-refractivity contribution in [3.63, 3.8) is 0 Å². The highest BCUT2D eigenvalue weighted by atomic mass is 79.9. The maximum Gasteiger partial charge on any atom is 0.356 e. The first-order valence-electron chi connectivity index (χ1n) is 11.5. The summed E-state index contributed by atoms with van der Waals surface area (Å²) in [5.41, 5.74) is 3.73. The number of aromatic nitrogens is 2. The number of benzene rings is 2. The predicted octanol–water partition coefficient (Wildman–Crippen LogP) is 6.44. The Labute approximate surface area is 215 Å². The number of unbranched alkanes of at least 4 members (excludes halogenated alkanes) is 1. The van der Waals surface area contributed by atoms with Crippen molar-refractivity contribution < 1.29 is 23.7 Å². The number of aryl methyl sites for hydroxylation is 1. The molecule has 4 aromatic rings. The van der Waals surface area contributed by atoms with Crippen LogP contribution in [-0.4, -0.2) is 43.5 Å². The number of ether oxygens (including phenoxy) is 4. The van der Waals surface area contributed by atoms with E-state index in [1.54, 1.807) is 28.3 Å². The van der Waals surface area contributed by atoms with Crippen LogP contribution in [0.3, 0.4) is 0 Å². The molecular formula is C27H31BrN2O5. The first-order valence-corrected chi connectivity index (χ1v) is 11.5. The quantitative estimate of drug-likeness (QED) is 0.227. The van der Waals surface area contributed by atoms with Crippen molar-refractivity contribution in [1.29, 1.82) is 0 Å². The van der Waals surface area contributed by atoms with Gasteiger partial charge in [0.05, 0.1) is 39.1 Å². The molecule has 2 heterocycles. The zero-order valence-corrected chi connectivity index (χ0v) is 22.4. The number of halogens is 1. The third-order valence-corrected chi connectivity index (χ3v) is 5.91. The van der Waals surface area contributed by atoms with Gasteiger partial charge in [-0.25, -0.2) is 9.78 Å². The first-order chi connectivity index (χ1) is 16.6. The van der Waals surface area contributed by atoms with Crippen molar-refractivity contribution in [3.05, 3.63) is 48.2 Å². The summed E-state index contributed by atoms with van der Waals surface area (Å²) < 4.78 is 24.3. The first kappa shape index (κ1) is 26.3. The van der Waals surface area contributed by atoms with Gasteiger partial charge in [0.1, 0.15) is 5.69 Å². The van der Waals surface area contributed by atoms with Crippen molar-refractivity contribution in [1.82, 2.24) is 9.55 Å². The number of nitrogens with zero attached hydrogens (tertiary/aromatic N) is 2. The minimum atomic E-state index is -0.455. The number of esters is 1. The second-order valence-electron chi connectivity index (χ2n) is 7.91. The Morgan fingerprint density at radius 3 is 2.23 bits per heavy atom. The molecule has 35 heavy (non-hydrogen) atoms. The fourth-order valence-electron chi connectivity index (χ4n) is 4.35. The molecule has 186 valence electrons. The largest absolute Gasteiger partial charge is 0.493 e. The Kier molecular flexibility index (Phi) is 8.62. The van der Waals surface area contributed by atoms with E-state index >= 15 is 0 Å². The normalized spacial score (nSPS) is 10.8. The van der Waals surface area contributed by atoms with Gasteiger partial charge in [-0.3, -0.25) is 0 Å². The van der Waals surface area contributed by atoms with Gasteiger partial charge in [-0.05, 0) is 37.6 Å². The highest BCUT2D eigenvalue weighted by Crippen LogP contribution is 2.43. The van der Waals surface area contributed by atoms with Crippen LogP contribution in [0, 0.1) is 0 Å². The number of hydrogen-bond donors (Lipinski definition) is 0. The molecule has 0 fully saturated rings. The van der Waals surface area contributed by atoms with E-state index in [9.17, 15) is 4.79 Å². The lowest BCUT2D eigenvalue weighted by Crippen LogP contribution is -2.09. The zero-order chi connectivity index (χ0) is 24.2. The van der Waals surface area contributed by atoms with Gasteiger partial charge in [0, 0.05) is 28.4 Å². The van der Waals surface area contributed by atoms with E-state index in [2.05, 4.69) is 23.6 Å². The van der Waals surface area contributed by atoms with Gasteiger partial charge in [-0.15, -0.1) is 17.0 Å². The fourth-order valence-corrected chi connectivity index (χ4v) is 4.35. The van der Waals surface area contributed by atoms with Gasteiger partial charge < -0.3 is 23.5 Å². The number of carbonyl (C=O) groups excluding carboxylic acids is 1. The minimum Gasteiger partial charge on any atom is -0.493 e. The molecular weight excluding hydrogens is 512 g/mol. The van der Waals surface area contributed by atoms with Crippen LogP contribution in [0.15, 0.2) is 42.5 Å². The highest BCUT2D eigenvalue weighted by molar-refractivity contribution is 8.93. The summed E-state index contributed by atoms with van der Waals surface area (Å²) in [4.78, 5) is 17.6. The Hall–Kier alpha value is -3.26. The van der Waals surface area contributed by atoms with Crippen LogP contribution in [0.2, 0.25) is 0 Å². The van der Waals surface area contributed by atoms with Crippen LogP contribution in [0.5, 0.6) is 17.2 Å². The van der Waals surface area contributed by atoms with Crippen LogP contribution in [0.4, 0.5) is 0 Å². The van der Waals surface area contributed by atoms with E-state index in [1.165, 1.54) is 0 Å². The van der Waals surface area contributed by atoms with Crippen molar-refractivity contribution in [2.75, 3.05) is 27.9 Å². The second-order valence-corrected chi connectivity index (χ2v) is 7.91. The molecule has 0 atom stereocenters. The second kappa shape index (κ2) is 11.4. The summed E-state index contributed by atoms with van der Waals surface area (Å²) in [6, 6.07) is 13.8. The topological polar surface area (TPSA) is 71.8 Å². The molecule has 0 unspecified atom stereocenters. The lowest BCUT2D eigenvalue weighted by atomic mass is 10.0. The number of para-hydroxylation sites is 1.